The van der Waals surface area contributed by atoms with E-state index in [1.807, 2.05) is 12.1 Å². The standard InChI is InChI=1S/C11H14Cl2O3S/c1-9(8-17(13,14)15)6-16-7-10-2-4-11(12)5-3-10/h2-5,9H,6-8H2,1H3. The summed E-state index contributed by atoms with van der Waals surface area (Å²) >= 11 is 5.75. The maximum Gasteiger partial charge on any atom is 0.232 e. The van der Waals surface area contributed by atoms with Crippen molar-refractivity contribution in [3.63, 3.8) is 0 Å². The molecular formula is C11H14Cl2O3S. The van der Waals surface area contributed by atoms with Gasteiger partial charge in [-0.05, 0) is 23.6 Å². The fourth-order valence-electron chi connectivity index (χ4n) is 1.35. The van der Waals surface area contributed by atoms with Crippen LogP contribution in [0, 0.1) is 5.92 Å². The molecule has 0 radical (unpaired) electrons. The number of benzene rings is 1. The van der Waals surface area contributed by atoms with E-state index < -0.39 is 9.05 Å². The zero-order chi connectivity index (χ0) is 12.9. The molecule has 1 aromatic carbocycles. The lowest BCUT2D eigenvalue weighted by molar-refractivity contribution is 0.0979. The number of hydrogen-bond donors (Lipinski definition) is 0. The minimum Gasteiger partial charge on any atom is -0.376 e. The quantitative estimate of drug-likeness (QED) is 0.758. The van der Waals surface area contributed by atoms with Gasteiger partial charge in [0.2, 0.25) is 9.05 Å². The van der Waals surface area contributed by atoms with E-state index in [0.717, 1.165) is 5.56 Å². The van der Waals surface area contributed by atoms with Crippen LogP contribution in [0.2, 0.25) is 5.02 Å². The van der Waals surface area contributed by atoms with Crippen molar-refractivity contribution in [2.24, 2.45) is 5.92 Å². The summed E-state index contributed by atoms with van der Waals surface area (Å²) in [5.41, 5.74) is 0.996. The van der Waals surface area contributed by atoms with Crippen molar-refractivity contribution in [2.75, 3.05) is 12.4 Å². The van der Waals surface area contributed by atoms with Gasteiger partial charge in [0, 0.05) is 15.7 Å². The van der Waals surface area contributed by atoms with Crippen LogP contribution < -0.4 is 0 Å². The Morgan fingerprint density at radius 3 is 2.41 bits per heavy atom. The molecule has 3 nitrogen and oxygen atoms in total. The topological polar surface area (TPSA) is 43.4 Å². The maximum atomic E-state index is 10.8. The van der Waals surface area contributed by atoms with E-state index in [4.69, 9.17) is 27.0 Å². The Labute approximate surface area is 111 Å². The molecule has 0 aliphatic heterocycles. The van der Waals surface area contributed by atoms with Crippen molar-refractivity contribution < 1.29 is 13.2 Å². The number of hydrogen-bond acceptors (Lipinski definition) is 3. The lowest BCUT2D eigenvalue weighted by Crippen LogP contribution is -2.14. The Kier molecular flexibility index (Phi) is 5.73. The molecular weight excluding hydrogens is 283 g/mol. The van der Waals surface area contributed by atoms with Gasteiger partial charge in [-0.25, -0.2) is 8.42 Å². The first kappa shape index (κ1) is 14.8. The molecule has 0 saturated heterocycles. The van der Waals surface area contributed by atoms with Crippen LogP contribution in [0.3, 0.4) is 0 Å². The smallest absolute Gasteiger partial charge is 0.232 e. The SMILES string of the molecule is CC(COCc1ccc(Cl)cc1)CS(=O)(=O)Cl. The molecule has 17 heavy (non-hydrogen) atoms. The van der Waals surface area contributed by atoms with Crippen LogP contribution in [-0.2, 0) is 20.4 Å². The van der Waals surface area contributed by atoms with Gasteiger partial charge in [0.1, 0.15) is 0 Å². The van der Waals surface area contributed by atoms with Crippen molar-refractivity contribution in [2.45, 2.75) is 13.5 Å². The average molecular weight is 297 g/mol. The molecule has 0 aliphatic rings. The van der Waals surface area contributed by atoms with Crippen molar-refractivity contribution in [1.29, 1.82) is 0 Å². The van der Waals surface area contributed by atoms with E-state index in [0.29, 0.717) is 18.2 Å². The van der Waals surface area contributed by atoms with Gasteiger partial charge in [-0.15, -0.1) is 0 Å². The molecule has 0 aliphatic carbocycles. The molecule has 96 valence electrons. The number of rotatable bonds is 6. The first-order valence-electron chi connectivity index (χ1n) is 5.11. The van der Waals surface area contributed by atoms with Gasteiger partial charge >= 0.3 is 0 Å². The molecule has 1 atom stereocenters. The average Bonchev–Trinajstić information content (AvgIpc) is 2.18. The second kappa shape index (κ2) is 6.59. The molecule has 0 spiro atoms. The van der Waals surface area contributed by atoms with Crippen LogP contribution in [0.1, 0.15) is 12.5 Å². The molecule has 1 rings (SSSR count). The Bertz CT molecular complexity index is 442. The van der Waals surface area contributed by atoms with Gasteiger partial charge in [-0.3, -0.25) is 0 Å². The highest BCUT2D eigenvalue weighted by Gasteiger charge is 2.12. The van der Waals surface area contributed by atoms with E-state index >= 15 is 0 Å². The Morgan fingerprint density at radius 2 is 1.88 bits per heavy atom. The fraction of sp³-hybridized carbons (Fsp3) is 0.455. The fourth-order valence-corrected chi connectivity index (χ4v) is 2.89. The van der Waals surface area contributed by atoms with Crippen molar-refractivity contribution in [1.82, 2.24) is 0 Å². The van der Waals surface area contributed by atoms with E-state index in [-0.39, 0.29) is 11.7 Å². The summed E-state index contributed by atoms with van der Waals surface area (Å²) in [6, 6.07) is 7.30. The first-order chi connectivity index (χ1) is 7.87. The van der Waals surface area contributed by atoms with E-state index in [9.17, 15) is 8.42 Å². The van der Waals surface area contributed by atoms with Gasteiger partial charge in [0.25, 0.3) is 0 Å². The second-order valence-electron chi connectivity index (χ2n) is 3.95. The zero-order valence-electron chi connectivity index (χ0n) is 9.40. The number of halogens is 2. The third kappa shape index (κ3) is 6.88. The highest BCUT2D eigenvalue weighted by molar-refractivity contribution is 8.13. The van der Waals surface area contributed by atoms with E-state index in [1.54, 1.807) is 19.1 Å². The molecule has 0 saturated carbocycles. The molecule has 0 amide bonds. The summed E-state index contributed by atoms with van der Waals surface area (Å²) in [5, 5.41) is 0.676. The number of ether oxygens (including phenoxy) is 1. The summed E-state index contributed by atoms with van der Waals surface area (Å²) < 4.78 is 27.0. The van der Waals surface area contributed by atoms with Crippen LogP contribution in [0.15, 0.2) is 24.3 Å². The van der Waals surface area contributed by atoms with Crippen molar-refractivity contribution in [3.05, 3.63) is 34.9 Å². The van der Waals surface area contributed by atoms with Crippen LogP contribution >= 0.6 is 22.3 Å². The Hall–Kier alpha value is -0.290. The van der Waals surface area contributed by atoms with Crippen LogP contribution in [0.25, 0.3) is 0 Å². The molecule has 0 bridgehead atoms. The summed E-state index contributed by atoms with van der Waals surface area (Å²) in [6.45, 7) is 2.57. The molecule has 0 aromatic heterocycles. The van der Waals surface area contributed by atoms with Crippen LogP contribution in [0.5, 0.6) is 0 Å². The summed E-state index contributed by atoms with van der Waals surface area (Å²) in [4.78, 5) is 0. The third-order valence-corrected chi connectivity index (χ3v) is 3.67. The van der Waals surface area contributed by atoms with Gasteiger partial charge in [0.15, 0.2) is 0 Å². The van der Waals surface area contributed by atoms with Crippen molar-refractivity contribution in [3.8, 4) is 0 Å². The summed E-state index contributed by atoms with van der Waals surface area (Å²) in [6.07, 6.45) is 0. The summed E-state index contributed by atoms with van der Waals surface area (Å²) in [5.74, 6) is -0.195. The Balaban J connectivity index is 2.30. The monoisotopic (exact) mass is 296 g/mol. The largest absolute Gasteiger partial charge is 0.376 e. The van der Waals surface area contributed by atoms with Gasteiger partial charge in [-0.1, -0.05) is 30.7 Å². The predicted octanol–water partition coefficient (Wildman–Crippen LogP) is 3.06. The Morgan fingerprint density at radius 1 is 1.29 bits per heavy atom. The minimum atomic E-state index is -3.45. The van der Waals surface area contributed by atoms with Crippen LogP contribution in [-0.4, -0.2) is 20.8 Å². The lowest BCUT2D eigenvalue weighted by atomic mass is 10.2. The molecule has 0 N–H and O–H groups in total. The van der Waals surface area contributed by atoms with Gasteiger partial charge in [0.05, 0.1) is 19.0 Å². The van der Waals surface area contributed by atoms with Crippen LogP contribution in [0.4, 0.5) is 0 Å². The molecule has 1 unspecified atom stereocenters. The van der Waals surface area contributed by atoms with Gasteiger partial charge in [-0.2, -0.15) is 0 Å². The first-order valence-corrected chi connectivity index (χ1v) is 7.97. The third-order valence-electron chi connectivity index (χ3n) is 2.07. The van der Waals surface area contributed by atoms with E-state index in [2.05, 4.69) is 0 Å². The second-order valence-corrected chi connectivity index (χ2v) is 7.21. The van der Waals surface area contributed by atoms with Crippen molar-refractivity contribution >= 4 is 31.3 Å². The van der Waals surface area contributed by atoms with E-state index in [1.165, 1.54) is 0 Å². The highest BCUT2D eigenvalue weighted by atomic mass is 35.7. The minimum absolute atomic E-state index is 0.0742. The molecule has 1 aromatic rings. The normalized spacial score (nSPS) is 13.6. The molecule has 6 heteroatoms. The lowest BCUT2D eigenvalue weighted by Gasteiger charge is -2.10. The summed E-state index contributed by atoms with van der Waals surface area (Å²) in [7, 11) is 1.69. The zero-order valence-corrected chi connectivity index (χ0v) is 11.7. The highest BCUT2D eigenvalue weighted by Crippen LogP contribution is 2.11. The molecule has 0 heterocycles. The predicted molar refractivity (Wildman–Crippen MR) is 69.9 cm³/mol. The maximum absolute atomic E-state index is 10.8. The molecule has 0 fully saturated rings. The van der Waals surface area contributed by atoms with Gasteiger partial charge < -0.3 is 4.74 Å².